The second-order valence-electron chi connectivity index (χ2n) is 6.53. The van der Waals surface area contributed by atoms with Crippen LogP contribution in [0.25, 0.3) is 5.69 Å². The lowest BCUT2D eigenvalue weighted by Crippen LogP contribution is -2.33. The van der Waals surface area contributed by atoms with E-state index >= 15 is 0 Å². The van der Waals surface area contributed by atoms with E-state index in [1.54, 1.807) is 17.1 Å². The molecule has 2 N–H and O–H groups in total. The summed E-state index contributed by atoms with van der Waals surface area (Å²) < 4.78 is 2.76. The number of amides is 1. The maximum atomic E-state index is 12.7. The van der Waals surface area contributed by atoms with Crippen LogP contribution in [0, 0.1) is 11.8 Å². The third-order valence-corrected chi connectivity index (χ3v) is 5.65. The minimum atomic E-state index is 0. The molecule has 1 saturated heterocycles. The molecule has 0 spiro atoms. The molecule has 5 nitrogen and oxygen atoms in total. The molecule has 1 aliphatic heterocycles. The van der Waals surface area contributed by atoms with E-state index in [0.717, 1.165) is 36.1 Å². The second kappa shape index (κ2) is 6.86. The molecule has 1 aromatic carbocycles. The van der Waals surface area contributed by atoms with Crippen LogP contribution in [0.1, 0.15) is 23.2 Å². The van der Waals surface area contributed by atoms with Gasteiger partial charge in [-0.15, -0.1) is 12.4 Å². The number of benzene rings is 1. The summed E-state index contributed by atoms with van der Waals surface area (Å²) in [6.07, 6.45) is 5.70. The third-order valence-electron chi connectivity index (χ3n) is 5.12. The normalized spacial score (nSPS) is 25.4. The zero-order chi connectivity index (χ0) is 16.0. The van der Waals surface area contributed by atoms with Crippen LogP contribution < -0.4 is 5.73 Å². The monoisotopic (exact) mass is 410 g/mol. The van der Waals surface area contributed by atoms with Crippen LogP contribution in [0.5, 0.6) is 0 Å². The molecule has 7 heteroatoms. The largest absolute Gasteiger partial charge is 0.338 e. The lowest BCUT2D eigenvalue weighted by Gasteiger charge is -2.17. The fraction of sp³-hybridized carbons (Fsp3) is 0.412. The molecule has 24 heavy (non-hydrogen) atoms. The highest BCUT2D eigenvalue weighted by Crippen LogP contribution is 2.37. The van der Waals surface area contributed by atoms with Gasteiger partial charge in [-0.2, -0.15) is 5.10 Å². The Bertz CT molecular complexity index is 732. The summed E-state index contributed by atoms with van der Waals surface area (Å²) in [5, 5.41) is 4.32. The molecular weight excluding hydrogens is 392 g/mol. The Balaban J connectivity index is 0.00000169. The van der Waals surface area contributed by atoms with Crippen LogP contribution in [0.15, 0.2) is 41.1 Å². The van der Waals surface area contributed by atoms with E-state index < -0.39 is 0 Å². The van der Waals surface area contributed by atoms with Gasteiger partial charge in [0.1, 0.15) is 0 Å². The van der Waals surface area contributed by atoms with Crippen molar-refractivity contribution in [2.24, 2.45) is 17.6 Å². The van der Waals surface area contributed by atoms with Gasteiger partial charge < -0.3 is 10.6 Å². The van der Waals surface area contributed by atoms with Gasteiger partial charge in [-0.3, -0.25) is 4.79 Å². The molecule has 2 heterocycles. The molecule has 1 amide bonds. The number of carbonyl (C=O) groups is 1. The molecule has 0 radical (unpaired) electrons. The van der Waals surface area contributed by atoms with Crippen molar-refractivity contribution in [1.82, 2.24) is 14.7 Å². The highest BCUT2D eigenvalue weighted by atomic mass is 79.9. The van der Waals surface area contributed by atoms with E-state index in [-0.39, 0.29) is 24.4 Å². The first-order valence-electron chi connectivity index (χ1n) is 7.97. The topological polar surface area (TPSA) is 64.2 Å². The lowest BCUT2D eigenvalue weighted by molar-refractivity contribution is 0.0779. The van der Waals surface area contributed by atoms with Crippen molar-refractivity contribution < 1.29 is 4.79 Å². The first kappa shape index (κ1) is 17.5. The summed E-state index contributed by atoms with van der Waals surface area (Å²) in [4.78, 5) is 14.6. The van der Waals surface area contributed by atoms with Crippen molar-refractivity contribution >= 4 is 34.2 Å². The van der Waals surface area contributed by atoms with Crippen molar-refractivity contribution in [3.63, 3.8) is 0 Å². The van der Waals surface area contributed by atoms with E-state index in [1.807, 2.05) is 29.2 Å². The number of carbonyl (C=O) groups excluding carboxylic acids is 1. The molecule has 2 aliphatic rings. The van der Waals surface area contributed by atoms with Crippen molar-refractivity contribution in [2.75, 3.05) is 13.1 Å². The Morgan fingerprint density at radius 1 is 1.21 bits per heavy atom. The maximum absolute atomic E-state index is 12.7. The van der Waals surface area contributed by atoms with Crippen LogP contribution in [0.2, 0.25) is 0 Å². The summed E-state index contributed by atoms with van der Waals surface area (Å²) >= 11 is 3.42. The zero-order valence-electron chi connectivity index (χ0n) is 13.1. The highest BCUT2D eigenvalue weighted by Gasteiger charge is 2.42. The lowest BCUT2D eigenvalue weighted by atomic mass is 9.98. The number of hydrogen-bond acceptors (Lipinski definition) is 3. The van der Waals surface area contributed by atoms with Gasteiger partial charge in [-0.05, 0) is 48.9 Å². The standard InChI is InChI=1S/C17H19BrN4O.ClH/c18-13-2-4-14(5-3-13)22-9-12(7-20-22)17(23)21-8-11-1-6-16(19)15(11)10-21;/h2-5,7,9,11,15-16H,1,6,8,10,19H2;1H. The van der Waals surface area contributed by atoms with Crippen molar-refractivity contribution in [3.8, 4) is 5.69 Å². The maximum Gasteiger partial charge on any atom is 0.257 e. The van der Waals surface area contributed by atoms with Gasteiger partial charge in [-0.1, -0.05) is 15.9 Å². The van der Waals surface area contributed by atoms with Gasteiger partial charge in [0, 0.05) is 29.8 Å². The van der Waals surface area contributed by atoms with Crippen molar-refractivity contribution in [2.45, 2.75) is 18.9 Å². The van der Waals surface area contributed by atoms with E-state index in [2.05, 4.69) is 21.0 Å². The second-order valence-corrected chi connectivity index (χ2v) is 7.44. The van der Waals surface area contributed by atoms with Crippen LogP contribution >= 0.6 is 28.3 Å². The quantitative estimate of drug-likeness (QED) is 0.826. The van der Waals surface area contributed by atoms with Crippen molar-refractivity contribution in [1.29, 1.82) is 0 Å². The average molecular weight is 412 g/mol. The highest BCUT2D eigenvalue weighted by molar-refractivity contribution is 9.10. The van der Waals surface area contributed by atoms with Crippen LogP contribution in [-0.2, 0) is 0 Å². The minimum absolute atomic E-state index is 0. The van der Waals surface area contributed by atoms with Crippen LogP contribution in [0.3, 0.4) is 0 Å². The summed E-state index contributed by atoms with van der Waals surface area (Å²) in [5.74, 6) is 1.12. The van der Waals surface area contributed by atoms with Crippen LogP contribution in [-0.4, -0.2) is 39.7 Å². The summed E-state index contributed by atoms with van der Waals surface area (Å²) in [6.45, 7) is 1.62. The first-order valence-corrected chi connectivity index (χ1v) is 8.76. The number of rotatable bonds is 2. The molecule has 0 bridgehead atoms. The fourth-order valence-corrected chi connectivity index (χ4v) is 4.09. The zero-order valence-corrected chi connectivity index (χ0v) is 15.5. The molecular formula is C17H20BrClN4O. The smallest absolute Gasteiger partial charge is 0.257 e. The molecule has 3 atom stereocenters. The fourth-order valence-electron chi connectivity index (χ4n) is 3.82. The van der Waals surface area contributed by atoms with Gasteiger partial charge >= 0.3 is 0 Å². The van der Waals surface area contributed by atoms with Gasteiger partial charge in [0.25, 0.3) is 5.91 Å². The molecule has 3 unspecified atom stereocenters. The molecule has 1 aromatic heterocycles. The van der Waals surface area contributed by atoms with Gasteiger partial charge in [0.2, 0.25) is 0 Å². The Hall–Kier alpha value is -1.37. The third kappa shape index (κ3) is 3.10. The number of nitrogens with two attached hydrogens (primary N) is 1. The Labute approximate surface area is 155 Å². The number of nitrogens with zero attached hydrogens (tertiary/aromatic N) is 3. The molecule has 1 saturated carbocycles. The number of halogens is 2. The SMILES string of the molecule is Cl.NC1CCC2CN(C(=O)c3cnn(-c4ccc(Br)cc4)c3)CC12. The average Bonchev–Trinajstić information content (AvgIpc) is 3.25. The van der Waals surface area contributed by atoms with Gasteiger partial charge in [-0.25, -0.2) is 4.68 Å². The van der Waals surface area contributed by atoms with E-state index in [1.165, 1.54) is 0 Å². The molecule has 2 aromatic rings. The Kier molecular flexibility index (Phi) is 4.99. The van der Waals surface area contributed by atoms with Gasteiger partial charge in [0.15, 0.2) is 0 Å². The predicted octanol–water partition coefficient (Wildman–Crippen LogP) is 2.87. The molecule has 2 fully saturated rings. The molecule has 1 aliphatic carbocycles. The number of likely N-dealkylation sites (tertiary alicyclic amines) is 1. The minimum Gasteiger partial charge on any atom is -0.338 e. The number of hydrogen-bond donors (Lipinski definition) is 1. The Morgan fingerprint density at radius 3 is 2.67 bits per heavy atom. The van der Waals surface area contributed by atoms with Crippen LogP contribution in [0.4, 0.5) is 0 Å². The van der Waals surface area contributed by atoms with Crippen molar-refractivity contribution in [3.05, 3.63) is 46.7 Å². The summed E-state index contributed by atoms with van der Waals surface area (Å²) in [5.41, 5.74) is 7.73. The van der Waals surface area contributed by atoms with E-state index in [4.69, 9.17) is 5.73 Å². The Morgan fingerprint density at radius 2 is 1.96 bits per heavy atom. The summed E-state index contributed by atoms with van der Waals surface area (Å²) in [6, 6.07) is 8.10. The first-order chi connectivity index (χ1) is 11.1. The van der Waals surface area contributed by atoms with Gasteiger partial charge in [0.05, 0.1) is 17.4 Å². The summed E-state index contributed by atoms with van der Waals surface area (Å²) in [7, 11) is 0. The predicted molar refractivity (Wildman–Crippen MR) is 98.6 cm³/mol. The van der Waals surface area contributed by atoms with E-state index in [9.17, 15) is 4.79 Å². The molecule has 128 valence electrons. The number of aromatic nitrogens is 2. The molecule has 4 rings (SSSR count). The number of fused-ring (bicyclic) bond motifs is 1. The van der Waals surface area contributed by atoms with E-state index in [0.29, 0.717) is 17.4 Å².